The van der Waals surface area contributed by atoms with Crippen LogP contribution in [-0.2, 0) is 0 Å². The molecule has 0 atom stereocenters. The van der Waals surface area contributed by atoms with E-state index in [1.807, 2.05) is 0 Å². The lowest BCUT2D eigenvalue weighted by molar-refractivity contribution is 1.46. The highest BCUT2D eigenvalue weighted by Gasteiger charge is 2.16. The van der Waals surface area contributed by atoms with Gasteiger partial charge in [-0.3, -0.25) is 0 Å². The van der Waals surface area contributed by atoms with Crippen molar-refractivity contribution in [3.8, 4) is 33.4 Å². The maximum atomic E-state index is 2.28. The Morgan fingerprint density at radius 2 is 0.727 bits per heavy atom. The zero-order valence-electron chi connectivity index (χ0n) is 18.6. The number of rotatable bonds is 3. The summed E-state index contributed by atoms with van der Waals surface area (Å²) in [5.41, 5.74) is 8.96. The first-order valence-electron chi connectivity index (χ1n) is 11.5. The van der Waals surface area contributed by atoms with E-state index in [4.69, 9.17) is 0 Å². The first-order chi connectivity index (χ1) is 16.3. The van der Waals surface area contributed by atoms with Gasteiger partial charge in [-0.1, -0.05) is 127 Å². The molecule has 156 valence electrons. The minimum atomic E-state index is 1.25. The second-order valence-electron chi connectivity index (χ2n) is 8.60. The molecule has 0 aromatic heterocycles. The van der Waals surface area contributed by atoms with Crippen LogP contribution < -0.4 is 0 Å². The van der Waals surface area contributed by atoms with Crippen molar-refractivity contribution in [3.63, 3.8) is 0 Å². The Morgan fingerprint density at radius 3 is 1.24 bits per heavy atom. The molecule has 0 aliphatic rings. The standard InChI is InChI=1S/C33H24/c1-23-11-5-6-14-27(23)24-19-21-26(22-20-24)33-30-17-9-7-15-28(30)32(25-12-3-2-4-13-25)29-16-8-10-18-31(29)33/h2-22H,1H3. The van der Waals surface area contributed by atoms with E-state index in [2.05, 4.69) is 134 Å². The molecule has 0 radical (unpaired) electrons. The zero-order chi connectivity index (χ0) is 22.2. The molecule has 0 bridgehead atoms. The fraction of sp³-hybridized carbons (Fsp3) is 0.0303. The van der Waals surface area contributed by atoms with Crippen LogP contribution in [0.4, 0.5) is 0 Å². The summed E-state index contributed by atoms with van der Waals surface area (Å²) < 4.78 is 0. The monoisotopic (exact) mass is 420 g/mol. The van der Waals surface area contributed by atoms with E-state index in [1.165, 1.54) is 60.5 Å². The molecule has 0 heteroatoms. The summed E-state index contributed by atoms with van der Waals surface area (Å²) in [4.78, 5) is 0. The number of hydrogen-bond donors (Lipinski definition) is 0. The highest BCUT2D eigenvalue weighted by molar-refractivity contribution is 6.21. The van der Waals surface area contributed by atoms with Crippen molar-refractivity contribution in [3.05, 3.63) is 133 Å². The van der Waals surface area contributed by atoms with Gasteiger partial charge >= 0.3 is 0 Å². The molecule has 6 rings (SSSR count). The lowest BCUT2D eigenvalue weighted by atomic mass is 9.85. The maximum Gasteiger partial charge on any atom is -0.00264 e. The van der Waals surface area contributed by atoms with E-state index < -0.39 is 0 Å². The van der Waals surface area contributed by atoms with Gasteiger partial charge < -0.3 is 0 Å². The third kappa shape index (κ3) is 3.32. The topological polar surface area (TPSA) is 0 Å². The van der Waals surface area contributed by atoms with Crippen LogP contribution in [-0.4, -0.2) is 0 Å². The highest BCUT2D eigenvalue weighted by atomic mass is 14.2. The van der Waals surface area contributed by atoms with Gasteiger partial charge in [-0.2, -0.15) is 0 Å². The molecule has 0 heterocycles. The minimum Gasteiger partial charge on any atom is -0.0622 e. The minimum absolute atomic E-state index is 1.25. The highest BCUT2D eigenvalue weighted by Crippen LogP contribution is 2.43. The van der Waals surface area contributed by atoms with Gasteiger partial charge in [0.2, 0.25) is 0 Å². The number of aryl methyl sites for hydroxylation is 1. The van der Waals surface area contributed by atoms with Crippen molar-refractivity contribution in [2.75, 3.05) is 0 Å². The molecule has 6 aromatic carbocycles. The van der Waals surface area contributed by atoms with Crippen molar-refractivity contribution in [1.29, 1.82) is 0 Å². The molecule has 0 amide bonds. The molecule has 0 aliphatic heterocycles. The third-order valence-corrected chi connectivity index (χ3v) is 6.62. The van der Waals surface area contributed by atoms with E-state index in [0.29, 0.717) is 0 Å². The molecular weight excluding hydrogens is 396 g/mol. The summed E-state index contributed by atoms with van der Waals surface area (Å²) in [5, 5.41) is 5.16. The van der Waals surface area contributed by atoms with Crippen LogP contribution >= 0.6 is 0 Å². The van der Waals surface area contributed by atoms with Gasteiger partial charge in [-0.05, 0) is 67.4 Å². The Hall–Kier alpha value is -4.16. The number of benzene rings is 6. The summed E-state index contributed by atoms with van der Waals surface area (Å²) in [6, 6.07) is 46.0. The smallest absolute Gasteiger partial charge is 0.00264 e. The fourth-order valence-corrected chi connectivity index (χ4v) is 5.07. The number of fused-ring (bicyclic) bond motifs is 2. The van der Waals surface area contributed by atoms with E-state index in [0.717, 1.165) is 0 Å². The van der Waals surface area contributed by atoms with Crippen LogP contribution in [0.5, 0.6) is 0 Å². The van der Waals surface area contributed by atoms with Gasteiger partial charge in [0.1, 0.15) is 0 Å². The fourth-order valence-electron chi connectivity index (χ4n) is 5.07. The van der Waals surface area contributed by atoms with Crippen LogP contribution in [0.2, 0.25) is 0 Å². The quantitative estimate of drug-likeness (QED) is 0.250. The van der Waals surface area contributed by atoms with Gasteiger partial charge in [0.15, 0.2) is 0 Å². The van der Waals surface area contributed by atoms with Crippen molar-refractivity contribution in [1.82, 2.24) is 0 Å². The Balaban J connectivity index is 1.64. The van der Waals surface area contributed by atoms with Crippen molar-refractivity contribution >= 4 is 21.5 Å². The largest absolute Gasteiger partial charge is 0.0622 e. The van der Waals surface area contributed by atoms with Crippen LogP contribution in [0.25, 0.3) is 54.9 Å². The molecule has 0 fully saturated rings. The first-order valence-corrected chi connectivity index (χ1v) is 11.5. The summed E-state index contributed by atoms with van der Waals surface area (Å²) >= 11 is 0. The van der Waals surface area contributed by atoms with Gasteiger partial charge in [-0.15, -0.1) is 0 Å². The van der Waals surface area contributed by atoms with E-state index in [-0.39, 0.29) is 0 Å². The molecular formula is C33H24. The van der Waals surface area contributed by atoms with Crippen molar-refractivity contribution < 1.29 is 0 Å². The Bertz CT molecular complexity index is 1530. The molecule has 0 saturated heterocycles. The average Bonchev–Trinajstić information content (AvgIpc) is 2.88. The number of hydrogen-bond acceptors (Lipinski definition) is 0. The Labute approximate surface area is 194 Å². The van der Waals surface area contributed by atoms with Crippen LogP contribution in [0.3, 0.4) is 0 Å². The van der Waals surface area contributed by atoms with Gasteiger partial charge in [0, 0.05) is 0 Å². The molecule has 0 saturated carbocycles. The van der Waals surface area contributed by atoms with E-state index in [9.17, 15) is 0 Å². The second kappa shape index (κ2) is 8.07. The Morgan fingerprint density at radius 1 is 0.333 bits per heavy atom. The van der Waals surface area contributed by atoms with E-state index >= 15 is 0 Å². The summed E-state index contributed by atoms with van der Waals surface area (Å²) in [6.07, 6.45) is 0. The molecule has 0 N–H and O–H groups in total. The Kier molecular flexibility index (Phi) is 4.78. The molecule has 0 aliphatic carbocycles. The van der Waals surface area contributed by atoms with Gasteiger partial charge in [0.25, 0.3) is 0 Å². The van der Waals surface area contributed by atoms with Gasteiger partial charge in [0.05, 0.1) is 0 Å². The van der Waals surface area contributed by atoms with Crippen LogP contribution in [0.1, 0.15) is 5.56 Å². The molecule has 33 heavy (non-hydrogen) atoms. The third-order valence-electron chi connectivity index (χ3n) is 6.62. The van der Waals surface area contributed by atoms with Gasteiger partial charge in [-0.25, -0.2) is 0 Å². The first kappa shape index (κ1) is 19.5. The van der Waals surface area contributed by atoms with Crippen LogP contribution in [0.15, 0.2) is 127 Å². The maximum absolute atomic E-state index is 2.28. The normalized spacial score (nSPS) is 11.2. The molecule has 6 aromatic rings. The summed E-state index contributed by atoms with van der Waals surface area (Å²) in [7, 11) is 0. The molecule has 0 nitrogen and oxygen atoms in total. The lowest BCUT2D eigenvalue weighted by Gasteiger charge is -2.18. The predicted octanol–water partition coefficient (Wildman–Crippen LogP) is 9.30. The SMILES string of the molecule is Cc1ccccc1-c1ccc(-c2c3ccccc3c(-c3ccccc3)c3ccccc23)cc1. The van der Waals surface area contributed by atoms with Crippen LogP contribution in [0, 0.1) is 6.92 Å². The lowest BCUT2D eigenvalue weighted by Crippen LogP contribution is -1.91. The summed E-state index contributed by atoms with van der Waals surface area (Å²) in [6.45, 7) is 2.17. The molecule has 0 spiro atoms. The van der Waals surface area contributed by atoms with Crippen molar-refractivity contribution in [2.45, 2.75) is 6.92 Å². The average molecular weight is 421 g/mol. The van der Waals surface area contributed by atoms with E-state index in [1.54, 1.807) is 0 Å². The summed E-state index contributed by atoms with van der Waals surface area (Å²) in [5.74, 6) is 0. The molecule has 0 unspecified atom stereocenters. The van der Waals surface area contributed by atoms with Crippen molar-refractivity contribution in [2.24, 2.45) is 0 Å². The predicted molar refractivity (Wildman–Crippen MR) is 142 cm³/mol. The zero-order valence-corrected chi connectivity index (χ0v) is 18.6. The second-order valence-corrected chi connectivity index (χ2v) is 8.60.